The number of carbonyl (C=O) groups is 2. The zero-order valence-electron chi connectivity index (χ0n) is 21.2. The van der Waals surface area contributed by atoms with E-state index in [1.807, 2.05) is 0 Å². The van der Waals surface area contributed by atoms with Gasteiger partial charge in [0.2, 0.25) is 0 Å². The molecular formula is C28H42FNO3. The third-order valence-corrected chi connectivity index (χ3v) is 10.3. The third kappa shape index (κ3) is 4.18. The molecule has 0 aromatic rings. The lowest BCUT2D eigenvalue weighted by Crippen LogP contribution is -2.50. The number of hydrogen-bond acceptors (Lipinski definition) is 3. The van der Waals surface area contributed by atoms with Crippen molar-refractivity contribution < 1.29 is 18.7 Å². The quantitative estimate of drug-likeness (QED) is 0.285. The molecule has 4 nitrogen and oxygen atoms in total. The zero-order valence-corrected chi connectivity index (χ0v) is 21.2. The van der Waals surface area contributed by atoms with E-state index >= 15 is 0 Å². The van der Waals surface area contributed by atoms with Gasteiger partial charge in [0, 0.05) is 20.5 Å². The van der Waals surface area contributed by atoms with Crippen LogP contribution >= 0.6 is 0 Å². The van der Waals surface area contributed by atoms with Crippen LogP contribution in [0.4, 0.5) is 4.39 Å². The molecule has 1 unspecified atom stereocenters. The van der Waals surface area contributed by atoms with Gasteiger partial charge >= 0.3 is 5.97 Å². The van der Waals surface area contributed by atoms with Gasteiger partial charge in [-0.1, -0.05) is 39.0 Å². The molecule has 3 saturated carbocycles. The Balaban J connectivity index is 1.49. The first kappa shape index (κ1) is 24.5. The van der Waals surface area contributed by atoms with Gasteiger partial charge in [0.05, 0.1) is 0 Å². The van der Waals surface area contributed by atoms with Crippen LogP contribution in [-0.4, -0.2) is 36.5 Å². The number of halogens is 1. The number of nitrogens with zero attached hydrogens (tertiary/aromatic N) is 1. The van der Waals surface area contributed by atoms with Gasteiger partial charge in [0.25, 0.3) is 5.91 Å². The molecule has 0 heterocycles. The van der Waals surface area contributed by atoms with Gasteiger partial charge in [0.1, 0.15) is 6.10 Å². The molecule has 33 heavy (non-hydrogen) atoms. The first-order valence-electron chi connectivity index (χ1n) is 12.9. The Kier molecular flexibility index (Phi) is 6.56. The molecule has 0 aromatic heterocycles. The van der Waals surface area contributed by atoms with Gasteiger partial charge in [0.15, 0.2) is 5.83 Å². The molecule has 184 valence electrons. The summed E-state index contributed by atoms with van der Waals surface area (Å²) in [5, 5.41) is 0. The largest absolute Gasteiger partial charge is 0.463 e. The maximum atomic E-state index is 13.3. The lowest BCUT2D eigenvalue weighted by molar-refractivity contribution is -0.152. The van der Waals surface area contributed by atoms with Crippen molar-refractivity contribution >= 4 is 11.9 Å². The lowest BCUT2D eigenvalue weighted by Gasteiger charge is -2.58. The fourth-order valence-electron chi connectivity index (χ4n) is 8.64. The number of allylic oxidation sites excluding steroid dienone is 2. The average molecular weight is 460 g/mol. The summed E-state index contributed by atoms with van der Waals surface area (Å²) in [6, 6.07) is 0. The summed E-state index contributed by atoms with van der Waals surface area (Å²) in [6.07, 6.45) is 11.7. The Morgan fingerprint density at radius 2 is 1.85 bits per heavy atom. The van der Waals surface area contributed by atoms with Crippen LogP contribution in [0, 0.1) is 40.4 Å². The van der Waals surface area contributed by atoms with Crippen molar-refractivity contribution in [2.45, 2.75) is 85.2 Å². The van der Waals surface area contributed by atoms with E-state index in [0.717, 1.165) is 25.7 Å². The topological polar surface area (TPSA) is 46.6 Å². The smallest absolute Gasteiger partial charge is 0.302 e. The highest BCUT2D eigenvalue weighted by Crippen LogP contribution is 2.66. The maximum absolute atomic E-state index is 13.3. The van der Waals surface area contributed by atoms with E-state index in [0.29, 0.717) is 41.5 Å². The highest BCUT2D eigenvalue weighted by atomic mass is 19.1. The van der Waals surface area contributed by atoms with Crippen molar-refractivity contribution in [3.8, 4) is 0 Å². The molecule has 0 aliphatic heterocycles. The number of ether oxygens (including phenoxy) is 1. The predicted molar refractivity (Wildman–Crippen MR) is 128 cm³/mol. The Bertz CT molecular complexity index is 852. The molecule has 4 aliphatic carbocycles. The highest BCUT2D eigenvalue weighted by Gasteiger charge is 2.58. The van der Waals surface area contributed by atoms with E-state index in [2.05, 4.69) is 33.4 Å². The molecule has 5 heteroatoms. The van der Waals surface area contributed by atoms with Crippen LogP contribution in [-0.2, 0) is 14.3 Å². The summed E-state index contributed by atoms with van der Waals surface area (Å²) in [5.74, 6) is 1.10. The van der Waals surface area contributed by atoms with Crippen LogP contribution in [0.1, 0.15) is 79.1 Å². The molecule has 0 N–H and O–H groups in total. The zero-order chi connectivity index (χ0) is 24.1. The van der Waals surface area contributed by atoms with E-state index < -0.39 is 11.7 Å². The molecule has 0 bridgehead atoms. The van der Waals surface area contributed by atoms with E-state index in [-0.39, 0.29) is 17.5 Å². The minimum atomic E-state index is -0.876. The number of rotatable bonds is 5. The van der Waals surface area contributed by atoms with Gasteiger partial charge in [-0.3, -0.25) is 9.59 Å². The Morgan fingerprint density at radius 1 is 1.18 bits per heavy atom. The minimum Gasteiger partial charge on any atom is -0.463 e. The van der Waals surface area contributed by atoms with Crippen molar-refractivity contribution in [3.05, 3.63) is 24.1 Å². The summed E-state index contributed by atoms with van der Waals surface area (Å²) < 4.78 is 18.9. The summed E-state index contributed by atoms with van der Waals surface area (Å²) in [4.78, 5) is 25.0. The molecule has 0 spiro atoms. The van der Waals surface area contributed by atoms with Crippen molar-refractivity contribution in [3.63, 3.8) is 0 Å². The van der Waals surface area contributed by atoms with Crippen LogP contribution in [0.2, 0.25) is 0 Å². The molecule has 0 radical (unpaired) electrons. The van der Waals surface area contributed by atoms with Gasteiger partial charge in [-0.05, 0) is 91.8 Å². The molecule has 3 fully saturated rings. The van der Waals surface area contributed by atoms with E-state index in [9.17, 15) is 14.0 Å². The second-order valence-corrected chi connectivity index (χ2v) is 12.0. The molecule has 4 aliphatic rings. The van der Waals surface area contributed by atoms with E-state index in [4.69, 9.17) is 4.74 Å². The first-order valence-corrected chi connectivity index (χ1v) is 12.9. The third-order valence-electron chi connectivity index (χ3n) is 10.3. The summed E-state index contributed by atoms with van der Waals surface area (Å²) >= 11 is 0. The second kappa shape index (κ2) is 8.85. The lowest BCUT2D eigenvalue weighted by atomic mass is 9.47. The van der Waals surface area contributed by atoms with Gasteiger partial charge in [-0.25, -0.2) is 4.39 Å². The van der Waals surface area contributed by atoms with E-state index in [1.54, 1.807) is 12.6 Å². The number of amides is 1. The Morgan fingerprint density at radius 3 is 2.52 bits per heavy atom. The fraction of sp³-hybridized carbons (Fsp3) is 0.786. The summed E-state index contributed by atoms with van der Waals surface area (Å²) in [5.41, 5.74) is 2.25. The SMILES string of the molecule is C=C(F)C(=O)N(C)C[C@@H](C)[C@H]1CC[C@H]2C3=CCC4C[C@@H](OC(C)=O)CC[C@]4(C)[C@H]3CC[C@]12C. The standard InChI is InChI=1S/C28H42FNO3/c1-17(16-30(6)26(32)18(2)29)23-9-10-24-22-8-7-20-15-21(33-19(3)31)11-13-27(20,4)25(22)12-14-28(23,24)5/h8,17,20-21,23-25H,2,7,9-16H2,1,3-6H3/t17-,20?,21+,23-,24+,25+,27+,28-/m1/s1. The van der Waals surface area contributed by atoms with Crippen molar-refractivity contribution in [1.29, 1.82) is 0 Å². The predicted octanol–water partition coefficient (Wildman–Crippen LogP) is 6.07. The van der Waals surface area contributed by atoms with E-state index in [1.165, 1.54) is 37.5 Å². The van der Waals surface area contributed by atoms with Gasteiger partial charge < -0.3 is 9.64 Å². The monoisotopic (exact) mass is 459 g/mol. The number of fused-ring (bicyclic) bond motifs is 5. The Hall–Kier alpha value is -1.65. The first-order chi connectivity index (χ1) is 15.5. The minimum absolute atomic E-state index is 0.0844. The van der Waals surface area contributed by atoms with Crippen LogP contribution in [0.3, 0.4) is 0 Å². The summed E-state index contributed by atoms with van der Waals surface area (Å²) in [7, 11) is 1.69. The summed E-state index contributed by atoms with van der Waals surface area (Å²) in [6.45, 7) is 12.5. The molecule has 1 amide bonds. The number of esters is 1. The van der Waals surface area contributed by atoms with Crippen molar-refractivity contribution in [2.24, 2.45) is 40.4 Å². The normalized spacial score (nSPS) is 40.5. The number of carbonyl (C=O) groups excluding carboxylic acids is 2. The van der Waals surface area contributed by atoms with Crippen molar-refractivity contribution in [1.82, 2.24) is 4.90 Å². The van der Waals surface area contributed by atoms with Crippen LogP contribution in [0.5, 0.6) is 0 Å². The molecule has 0 saturated heterocycles. The molecule has 0 aromatic carbocycles. The fourth-order valence-corrected chi connectivity index (χ4v) is 8.64. The van der Waals surface area contributed by atoms with Crippen molar-refractivity contribution in [2.75, 3.05) is 13.6 Å². The number of hydrogen-bond donors (Lipinski definition) is 0. The molecule has 8 atom stereocenters. The van der Waals surface area contributed by atoms with Gasteiger partial charge in [-0.2, -0.15) is 0 Å². The van der Waals surface area contributed by atoms with Gasteiger partial charge in [-0.15, -0.1) is 0 Å². The molecule has 4 rings (SSSR count). The van der Waals surface area contributed by atoms with Crippen LogP contribution < -0.4 is 0 Å². The highest BCUT2D eigenvalue weighted by molar-refractivity contribution is 5.90. The van der Waals surface area contributed by atoms with Crippen LogP contribution in [0.15, 0.2) is 24.1 Å². The Labute approximate surface area is 199 Å². The second-order valence-electron chi connectivity index (χ2n) is 12.0. The number of likely N-dealkylation sites (N-methyl/N-ethyl adjacent to an activating group) is 1. The average Bonchev–Trinajstić information content (AvgIpc) is 3.10. The molecular weight excluding hydrogens is 417 g/mol. The maximum Gasteiger partial charge on any atom is 0.302 e. The van der Waals surface area contributed by atoms with Crippen LogP contribution in [0.25, 0.3) is 0 Å².